The van der Waals surface area contributed by atoms with Crippen molar-refractivity contribution in [2.75, 3.05) is 45.3 Å². The summed E-state index contributed by atoms with van der Waals surface area (Å²) >= 11 is 1.35. The van der Waals surface area contributed by atoms with E-state index in [1.54, 1.807) is 24.6 Å². The van der Waals surface area contributed by atoms with Crippen molar-refractivity contribution >= 4 is 27.2 Å². The molecule has 1 fully saturated rings. The van der Waals surface area contributed by atoms with Crippen molar-refractivity contribution in [1.82, 2.24) is 14.5 Å². The van der Waals surface area contributed by atoms with Crippen LogP contribution in [0.25, 0.3) is 11.3 Å². The van der Waals surface area contributed by atoms with Crippen LogP contribution >= 0.6 is 11.3 Å². The fourth-order valence-electron chi connectivity index (χ4n) is 3.62. The number of hydrogen-bond acceptors (Lipinski definition) is 8. The molecule has 0 radical (unpaired) electrons. The molecule has 3 aromatic rings. The van der Waals surface area contributed by atoms with Crippen molar-refractivity contribution in [3.63, 3.8) is 0 Å². The number of benzene rings is 1. The van der Waals surface area contributed by atoms with E-state index >= 15 is 0 Å². The quantitative estimate of drug-likeness (QED) is 0.519. The normalized spacial score (nSPS) is 15.0. The van der Waals surface area contributed by atoms with Crippen LogP contribution in [0, 0.1) is 0 Å². The number of thiophene rings is 1. The van der Waals surface area contributed by atoms with Crippen molar-refractivity contribution in [1.29, 1.82) is 0 Å². The van der Waals surface area contributed by atoms with Gasteiger partial charge in [0.25, 0.3) is 10.0 Å². The van der Waals surface area contributed by atoms with Gasteiger partial charge in [-0.05, 0) is 48.9 Å². The molecular formula is C22H26N4O4S2. The first-order valence-corrected chi connectivity index (χ1v) is 12.6. The summed E-state index contributed by atoms with van der Waals surface area (Å²) in [5.41, 5.74) is 1.60. The van der Waals surface area contributed by atoms with Gasteiger partial charge in [-0.25, -0.2) is 8.42 Å². The number of anilines is 1. The van der Waals surface area contributed by atoms with Crippen LogP contribution in [0.15, 0.2) is 46.7 Å². The zero-order chi connectivity index (χ0) is 22.7. The molecule has 0 N–H and O–H groups in total. The highest BCUT2D eigenvalue weighted by molar-refractivity contribution is 7.91. The van der Waals surface area contributed by atoms with Crippen molar-refractivity contribution in [3.05, 3.63) is 47.3 Å². The van der Waals surface area contributed by atoms with E-state index in [2.05, 4.69) is 15.1 Å². The molecule has 2 aromatic heterocycles. The Morgan fingerprint density at radius 3 is 2.28 bits per heavy atom. The van der Waals surface area contributed by atoms with Crippen LogP contribution in [0.1, 0.15) is 11.8 Å². The molecule has 0 saturated carbocycles. The van der Waals surface area contributed by atoms with Crippen LogP contribution in [-0.4, -0.2) is 63.3 Å². The zero-order valence-corrected chi connectivity index (χ0v) is 19.9. The van der Waals surface area contributed by atoms with Crippen molar-refractivity contribution in [2.24, 2.45) is 0 Å². The van der Waals surface area contributed by atoms with E-state index in [0.29, 0.717) is 41.9 Å². The Kier molecular flexibility index (Phi) is 6.63. The Labute approximate surface area is 192 Å². The van der Waals surface area contributed by atoms with Gasteiger partial charge in [0.15, 0.2) is 17.3 Å². The third-order valence-corrected chi connectivity index (χ3v) is 9.07. The average molecular weight is 475 g/mol. The van der Waals surface area contributed by atoms with Gasteiger partial charge in [0.05, 0.1) is 19.9 Å². The minimum Gasteiger partial charge on any atom is -0.493 e. The van der Waals surface area contributed by atoms with Gasteiger partial charge in [0, 0.05) is 36.6 Å². The Morgan fingerprint density at radius 1 is 0.938 bits per heavy atom. The highest BCUT2D eigenvalue weighted by Gasteiger charge is 2.30. The summed E-state index contributed by atoms with van der Waals surface area (Å²) in [6, 6.07) is 13.0. The van der Waals surface area contributed by atoms with Gasteiger partial charge in [0.1, 0.15) is 4.21 Å². The van der Waals surface area contributed by atoms with Crippen LogP contribution in [0.2, 0.25) is 0 Å². The molecular weight excluding hydrogens is 448 g/mol. The predicted molar refractivity (Wildman–Crippen MR) is 125 cm³/mol. The van der Waals surface area contributed by atoms with Crippen molar-refractivity contribution in [2.45, 2.75) is 17.6 Å². The van der Waals surface area contributed by atoms with Crippen LogP contribution in [0.3, 0.4) is 0 Å². The monoisotopic (exact) mass is 474 g/mol. The Bertz CT molecular complexity index is 1170. The van der Waals surface area contributed by atoms with Gasteiger partial charge in [-0.15, -0.1) is 21.5 Å². The molecule has 0 aliphatic carbocycles. The van der Waals surface area contributed by atoms with Gasteiger partial charge in [-0.3, -0.25) is 0 Å². The molecule has 32 heavy (non-hydrogen) atoms. The molecule has 1 aliphatic rings. The number of ether oxygens (including phenoxy) is 2. The molecule has 0 amide bonds. The number of hydrogen-bond donors (Lipinski definition) is 0. The van der Waals surface area contributed by atoms with Crippen LogP contribution in [0.5, 0.6) is 11.5 Å². The summed E-state index contributed by atoms with van der Waals surface area (Å²) in [6.07, 6.45) is 0.839. The second kappa shape index (κ2) is 9.43. The fourth-order valence-corrected chi connectivity index (χ4v) is 6.49. The van der Waals surface area contributed by atoms with Gasteiger partial charge in [-0.2, -0.15) is 4.31 Å². The molecule has 0 atom stereocenters. The van der Waals surface area contributed by atoms with Crippen LogP contribution in [0.4, 0.5) is 5.82 Å². The topological polar surface area (TPSA) is 84.9 Å². The third-order valence-electron chi connectivity index (χ3n) is 5.47. The van der Waals surface area contributed by atoms with E-state index in [-0.39, 0.29) is 0 Å². The molecule has 1 saturated heterocycles. The summed E-state index contributed by atoms with van der Waals surface area (Å²) in [5.74, 6) is 2.02. The molecule has 1 aliphatic heterocycles. The Balaban J connectivity index is 1.43. The van der Waals surface area contributed by atoms with Gasteiger partial charge >= 0.3 is 0 Å². The van der Waals surface area contributed by atoms with Crippen LogP contribution in [-0.2, 0) is 16.4 Å². The second-order valence-electron chi connectivity index (χ2n) is 7.31. The fraction of sp³-hybridized carbons (Fsp3) is 0.364. The number of rotatable bonds is 7. The molecule has 0 spiro atoms. The summed E-state index contributed by atoms with van der Waals surface area (Å²) in [6.45, 7) is 3.99. The first-order valence-electron chi connectivity index (χ1n) is 10.4. The Morgan fingerprint density at radius 2 is 1.69 bits per heavy atom. The van der Waals surface area contributed by atoms with E-state index in [1.165, 1.54) is 11.3 Å². The highest BCUT2D eigenvalue weighted by atomic mass is 32.2. The number of aromatic nitrogens is 2. The smallest absolute Gasteiger partial charge is 0.252 e. The number of aryl methyl sites for hydroxylation is 1. The van der Waals surface area contributed by atoms with E-state index in [9.17, 15) is 8.42 Å². The maximum absolute atomic E-state index is 12.9. The molecule has 3 heterocycles. The van der Waals surface area contributed by atoms with Gasteiger partial charge in [0.2, 0.25) is 0 Å². The average Bonchev–Trinajstić information content (AvgIpc) is 3.34. The summed E-state index contributed by atoms with van der Waals surface area (Å²) < 4.78 is 38.5. The first-order chi connectivity index (χ1) is 15.5. The zero-order valence-electron chi connectivity index (χ0n) is 18.3. The largest absolute Gasteiger partial charge is 0.493 e. The molecule has 0 bridgehead atoms. The molecule has 4 rings (SSSR count). The summed E-state index contributed by atoms with van der Waals surface area (Å²) in [4.78, 5) is 3.13. The lowest BCUT2D eigenvalue weighted by Crippen LogP contribution is -2.48. The van der Waals surface area contributed by atoms with Gasteiger partial charge < -0.3 is 14.4 Å². The minimum absolute atomic E-state index is 0.417. The first kappa shape index (κ1) is 22.5. The number of methoxy groups -OCH3 is 2. The Hall–Kier alpha value is -2.69. The number of sulfonamides is 1. The molecule has 8 nitrogen and oxygen atoms in total. The van der Waals surface area contributed by atoms with E-state index in [0.717, 1.165) is 28.4 Å². The van der Waals surface area contributed by atoms with Crippen molar-refractivity contribution < 1.29 is 17.9 Å². The molecule has 10 heteroatoms. The lowest BCUT2D eigenvalue weighted by molar-refractivity contribution is 0.355. The number of piperazine rings is 1. The lowest BCUT2D eigenvalue weighted by Gasteiger charge is -2.34. The second-order valence-corrected chi connectivity index (χ2v) is 10.6. The van der Waals surface area contributed by atoms with E-state index < -0.39 is 10.0 Å². The summed E-state index contributed by atoms with van der Waals surface area (Å²) in [5, 5.41) is 8.74. The van der Waals surface area contributed by atoms with Crippen molar-refractivity contribution in [3.8, 4) is 22.8 Å². The van der Waals surface area contributed by atoms with E-state index in [4.69, 9.17) is 9.47 Å². The maximum atomic E-state index is 12.9. The molecule has 1 aromatic carbocycles. The number of nitrogens with zero attached hydrogens (tertiary/aromatic N) is 4. The highest BCUT2D eigenvalue weighted by Crippen LogP contribution is 2.32. The molecule has 0 unspecified atom stereocenters. The minimum atomic E-state index is -3.45. The predicted octanol–water partition coefficient (Wildman–Crippen LogP) is 3.30. The van der Waals surface area contributed by atoms with Crippen LogP contribution < -0.4 is 14.4 Å². The lowest BCUT2D eigenvalue weighted by atomic mass is 10.1. The molecule has 170 valence electrons. The summed E-state index contributed by atoms with van der Waals surface area (Å²) in [7, 11) is -0.253. The standard InChI is InChI=1S/C22H26N4O4S2/c1-4-17-6-10-22(31-17)32(27,28)26-13-11-25(12-14-26)21-9-7-18(23-24-21)16-5-8-19(29-2)20(15-16)30-3/h5-10,15H,4,11-14H2,1-3H3. The third kappa shape index (κ3) is 4.43. The SMILES string of the molecule is CCc1ccc(S(=O)(=O)N2CCN(c3ccc(-c4ccc(OC)c(OC)c4)nn3)CC2)s1. The maximum Gasteiger partial charge on any atom is 0.252 e. The van der Waals surface area contributed by atoms with Gasteiger partial charge in [-0.1, -0.05) is 6.92 Å². The van der Waals surface area contributed by atoms with E-state index in [1.807, 2.05) is 43.3 Å².